The lowest BCUT2D eigenvalue weighted by Gasteiger charge is -2.36. The number of carbonyl (C=O) groups excluding carboxylic acids is 2. The van der Waals surface area contributed by atoms with Gasteiger partial charge in [-0.1, -0.05) is 0 Å². The van der Waals surface area contributed by atoms with E-state index in [1.807, 2.05) is 41.5 Å². The molecule has 7 nitrogen and oxygen atoms in total. The molecule has 0 bridgehead atoms. The van der Waals surface area contributed by atoms with E-state index in [0.29, 0.717) is 13.2 Å². The number of carbonyl (C=O) groups is 2. The number of alkyl carbamates (subject to hydrolysis) is 1. The monoisotopic (exact) mass is 343 g/mol. The highest BCUT2D eigenvalue weighted by molar-refractivity contribution is 5.68. The Balaban J connectivity index is 2.26. The van der Waals surface area contributed by atoms with E-state index in [-0.39, 0.29) is 6.09 Å². The van der Waals surface area contributed by atoms with Crippen LogP contribution in [0, 0.1) is 0 Å². The molecule has 1 fully saturated rings. The number of nitrogens with zero attached hydrogens (tertiary/aromatic N) is 2. The average Bonchev–Trinajstić information content (AvgIpc) is 2.40. The Morgan fingerprint density at radius 2 is 1.62 bits per heavy atom. The first-order chi connectivity index (χ1) is 11.0. The summed E-state index contributed by atoms with van der Waals surface area (Å²) in [5, 5.41) is 2.75. The maximum Gasteiger partial charge on any atom is 0.411 e. The molecule has 0 aromatic rings. The number of ether oxygens (including phenoxy) is 2. The van der Waals surface area contributed by atoms with Crippen LogP contribution in [0.5, 0.6) is 0 Å². The molecule has 1 aliphatic heterocycles. The Morgan fingerprint density at radius 1 is 1.00 bits per heavy atom. The van der Waals surface area contributed by atoms with Gasteiger partial charge in [-0.2, -0.15) is 0 Å². The van der Waals surface area contributed by atoms with E-state index in [9.17, 15) is 9.59 Å². The van der Waals surface area contributed by atoms with Gasteiger partial charge in [0, 0.05) is 26.2 Å². The first-order valence-electron chi connectivity index (χ1n) is 8.63. The lowest BCUT2D eigenvalue weighted by atomic mass is 10.2. The summed E-state index contributed by atoms with van der Waals surface area (Å²) in [5.41, 5.74) is -0.957. The molecule has 1 aliphatic rings. The second kappa shape index (κ2) is 8.55. The largest absolute Gasteiger partial charge is 0.444 e. The van der Waals surface area contributed by atoms with Gasteiger partial charge in [0.15, 0.2) is 0 Å². The fourth-order valence-corrected chi connectivity index (χ4v) is 2.33. The van der Waals surface area contributed by atoms with Crippen LogP contribution >= 0.6 is 0 Å². The third kappa shape index (κ3) is 8.96. The molecule has 2 amide bonds. The van der Waals surface area contributed by atoms with Gasteiger partial charge >= 0.3 is 12.2 Å². The normalized spacial score (nSPS) is 16.7. The molecule has 1 N–H and O–H groups in total. The number of amides is 2. The second-order valence-electron chi connectivity index (χ2n) is 8.14. The van der Waals surface area contributed by atoms with Crippen molar-refractivity contribution < 1.29 is 19.1 Å². The summed E-state index contributed by atoms with van der Waals surface area (Å²) < 4.78 is 10.6. The lowest BCUT2D eigenvalue weighted by Crippen LogP contribution is -2.49. The van der Waals surface area contributed by atoms with Crippen LogP contribution in [0.1, 0.15) is 54.4 Å². The summed E-state index contributed by atoms with van der Waals surface area (Å²) in [7, 11) is 0. The van der Waals surface area contributed by atoms with Crippen LogP contribution in [0.4, 0.5) is 9.59 Å². The molecule has 0 saturated carbocycles. The summed E-state index contributed by atoms with van der Waals surface area (Å²) in [6, 6.07) is 0. The van der Waals surface area contributed by atoms with Crippen LogP contribution in [0.25, 0.3) is 0 Å². The van der Waals surface area contributed by atoms with Crippen molar-refractivity contribution in [3.8, 4) is 0 Å². The minimum atomic E-state index is -0.481. The van der Waals surface area contributed by atoms with Crippen LogP contribution in [0.3, 0.4) is 0 Å². The van der Waals surface area contributed by atoms with Crippen molar-refractivity contribution in [1.82, 2.24) is 15.1 Å². The maximum atomic E-state index is 12.1. The van der Waals surface area contributed by atoms with E-state index in [1.54, 1.807) is 4.90 Å². The van der Waals surface area contributed by atoms with Crippen molar-refractivity contribution in [3.05, 3.63) is 0 Å². The molecule has 0 atom stereocenters. The molecule has 0 spiro atoms. The second-order valence-corrected chi connectivity index (χ2v) is 8.14. The molecular formula is C17H33N3O4. The summed E-state index contributed by atoms with van der Waals surface area (Å²) in [6.07, 6.45) is 1.08. The number of nitrogens with one attached hydrogen (secondary N) is 1. The topological polar surface area (TPSA) is 71.1 Å². The third-order valence-electron chi connectivity index (χ3n) is 3.24. The molecule has 140 valence electrons. The molecular weight excluding hydrogens is 310 g/mol. The first-order valence-corrected chi connectivity index (χ1v) is 8.63. The molecule has 7 heteroatoms. The predicted octanol–water partition coefficient (Wildman–Crippen LogP) is 2.80. The Kier molecular flexibility index (Phi) is 7.32. The summed E-state index contributed by atoms with van der Waals surface area (Å²) in [6.45, 7) is 14.7. The van der Waals surface area contributed by atoms with Gasteiger partial charge in [0.1, 0.15) is 11.2 Å². The molecule has 0 aromatic carbocycles. The van der Waals surface area contributed by atoms with Crippen LogP contribution in [0.2, 0.25) is 0 Å². The van der Waals surface area contributed by atoms with Crippen molar-refractivity contribution >= 4 is 12.2 Å². The van der Waals surface area contributed by atoms with E-state index in [0.717, 1.165) is 32.5 Å². The van der Waals surface area contributed by atoms with Crippen molar-refractivity contribution in [2.24, 2.45) is 0 Å². The van der Waals surface area contributed by atoms with E-state index in [4.69, 9.17) is 9.47 Å². The molecule has 0 radical (unpaired) electrons. The standard InChI is InChI=1S/C17H33N3O4/c1-16(2,3)23-14(21)18-9-7-10-19-11-8-12-20(13-19)15(22)24-17(4,5)6/h7-13H2,1-6H3,(H,18,21). The molecule has 0 aliphatic carbocycles. The quantitative estimate of drug-likeness (QED) is 0.795. The van der Waals surface area contributed by atoms with Gasteiger partial charge in [-0.25, -0.2) is 9.59 Å². The zero-order valence-electron chi connectivity index (χ0n) is 16.0. The fraction of sp³-hybridized carbons (Fsp3) is 0.882. The van der Waals surface area contributed by atoms with Crippen molar-refractivity contribution in [2.45, 2.75) is 65.6 Å². The van der Waals surface area contributed by atoms with Crippen molar-refractivity contribution in [2.75, 3.05) is 32.8 Å². The van der Waals surface area contributed by atoms with E-state index in [2.05, 4.69) is 10.2 Å². The van der Waals surface area contributed by atoms with Gasteiger partial charge < -0.3 is 14.8 Å². The lowest BCUT2D eigenvalue weighted by molar-refractivity contribution is 0.00253. The van der Waals surface area contributed by atoms with E-state index in [1.165, 1.54) is 0 Å². The van der Waals surface area contributed by atoms with E-state index >= 15 is 0 Å². The average molecular weight is 343 g/mol. The van der Waals surface area contributed by atoms with Crippen LogP contribution in [-0.2, 0) is 9.47 Å². The van der Waals surface area contributed by atoms with E-state index < -0.39 is 17.3 Å². The summed E-state index contributed by atoms with van der Waals surface area (Å²) >= 11 is 0. The molecule has 1 heterocycles. The SMILES string of the molecule is CC(C)(C)OC(=O)NCCCN1CCCN(C(=O)OC(C)(C)C)C1. The van der Waals surface area contributed by atoms with Gasteiger partial charge in [-0.05, 0) is 54.4 Å². The molecule has 0 aromatic heterocycles. The third-order valence-corrected chi connectivity index (χ3v) is 3.24. The van der Waals surface area contributed by atoms with Crippen molar-refractivity contribution in [1.29, 1.82) is 0 Å². The highest BCUT2D eigenvalue weighted by Gasteiger charge is 2.26. The molecule has 1 rings (SSSR count). The smallest absolute Gasteiger partial charge is 0.411 e. The Morgan fingerprint density at radius 3 is 2.21 bits per heavy atom. The fourth-order valence-electron chi connectivity index (χ4n) is 2.33. The molecule has 1 saturated heterocycles. The van der Waals surface area contributed by atoms with Gasteiger partial charge in [0.25, 0.3) is 0 Å². The maximum absolute atomic E-state index is 12.1. The molecule has 24 heavy (non-hydrogen) atoms. The first kappa shape index (κ1) is 20.5. The summed E-state index contributed by atoms with van der Waals surface area (Å²) in [4.78, 5) is 27.6. The van der Waals surface area contributed by atoms with Gasteiger partial charge in [-0.3, -0.25) is 9.80 Å². The number of hydrogen-bond donors (Lipinski definition) is 1. The van der Waals surface area contributed by atoms with Crippen LogP contribution in [0.15, 0.2) is 0 Å². The molecule has 0 unspecified atom stereocenters. The van der Waals surface area contributed by atoms with Crippen LogP contribution < -0.4 is 5.32 Å². The highest BCUT2D eigenvalue weighted by atomic mass is 16.6. The summed E-state index contributed by atoms with van der Waals surface area (Å²) in [5.74, 6) is 0. The number of rotatable bonds is 4. The predicted molar refractivity (Wildman–Crippen MR) is 92.9 cm³/mol. The Hall–Kier alpha value is -1.50. The highest BCUT2D eigenvalue weighted by Crippen LogP contribution is 2.13. The zero-order valence-corrected chi connectivity index (χ0v) is 16.0. The Labute approximate surface area is 145 Å². The number of hydrogen-bond acceptors (Lipinski definition) is 5. The zero-order chi connectivity index (χ0) is 18.4. The van der Waals surface area contributed by atoms with Gasteiger partial charge in [-0.15, -0.1) is 0 Å². The van der Waals surface area contributed by atoms with Crippen LogP contribution in [-0.4, -0.2) is 66.0 Å². The van der Waals surface area contributed by atoms with Crippen molar-refractivity contribution in [3.63, 3.8) is 0 Å². The minimum Gasteiger partial charge on any atom is -0.444 e. The van der Waals surface area contributed by atoms with Gasteiger partial charge in [0.2, 0.25) is 0 Å². The minimum absolute atomic E-state index is 0.265. The van der Waals surface area contributed by atoms with Gasteiger partial charge in [0.05, 0.1) is 6.67 Å². The Bertz CT molecular complexity index is 427.